The van der Waals surface area contributed by atoms with Crippen molar-refractivity contribution >= 4 is 11.9 Å². The number of esters is 1. The molecule has 1 heterocycles. The number of methoxy groups -OCH3 is 1. The lowest BCUT2D eigenvalue weighted by molar-refractivity contribution is -0.148. The van der Waals surface area contributed by atoms with Crippen molar-refractivity contribution in [3.05, 3.63) is 35.9 Å². The molecule has 0 saturated carbocycles. The minimum atomic E-state index is -0.854. The first-order valence-electron chi connectivity index (χ1n) is 6.73. The fourth-order valence-electron chi connectivity index (χ4n) is 2.70. The Labute approximate surface area is 118 Å². The summed E-state index contributed by atoms with van der Waals surface area (Å²) in [4.78, 5) is 24.9. The van der Waals surface area contributed by atoms with Crippen molar-refractivity contribution in [2.75, 3.05) is 20.2 Å². The number of carboxylic acid groups (broad SMARTS) is 1. The molecular weight excluding hydrogens is 258 g/mol. The summed E-state index contributed by atoms with van der Waals surface area (Å²) >= 11 is 0. The molecule has 1 atom stereocenters. The molecule has 5 heteroatoms. The van der Waals surface area contributed by atoms with Gasteiger partial charge in [-0.1, -0.05) is 30.3 Å². The number of carboxylic acids is 1. The Balaban J connectivity index is 2.06. The molecule has 0 aromatic heterocycles. The number of carbonyl (C=O) groups excluding carboxylic acids is 1. The zero-order valence-corrected chi connectivity index (χ0v) is 11.5. The molecule has 1 N–H and O–H groups in total. The predicted molar refractivity (Wildman–Crippen MR) is 73.1 cm³/mol. The minimum absolute atomic E-state index is 0.110. The quantitative estimate of drug-likeness (QED) is 0.848. The van der Waals surface area contributed by atoms with Crippen LogP contribution in [0.3, 0.4) is 0 Å². The van der Waals surface area contributed by atoms with E-state index < -0.39 is 12.0 Å². The van der Waals surface area contributed by atoms with Crippen molar-refractivity contribution in [2.45, 2.75) is 18.9 Å². The van der Waals surface area contributed by atoms with Gasteiger partial charge >= 0.3 is 11.9 Å². The number of benzene rings is 1. The van der Waals surface area contributed by atoms with Crippen molar-refractivity contribution in [3.63, 3.8) is 0 Å². The highest BCUT2D eigenvalue weighted by Gasteiger charge is 2.33. The normalized spacial score (nSPS) is 18.4. The van der Waals surface area contributed by atoms with Gasteiger partial charge in [-0.05, 0) is 18.4 Å². The molecule has 5 nitrogen and oxygen atoms in total. The smallest absolute Gasteiger partial charge is 0.325 e. The Morgan fingerprint density at radius 1 is 1.25 bits per heavy atom. The summed E-state index contributed by atoms with van der Waals surface area (Å²) in [5.74, 6) is -1.16. The second kappa shape index (κ2) is 6.52. The van der Waals surface area contributed by atoms with Gasteiger partial charge in [0, 0.05) is 13.1 Å². The molecule has 108 valence electrons. The van der Waals surface area contributed by atoms with Crippen LogP contribution >= 0.6 is 0 Å². The maximum atomic E-state index is 11.5. The summed E-state index contributed by atoms with van der Waals surface area (Å²) in [5.41, 5.74) is 0.775. The Morgan fingerprint density at radius 3 is 2.35 bits per heavy atom. The first-order valence-corrected chi connectivity index (χ1v) is 6.73. The number of likely N-dealkylation sites (tertiary alicyclic amines) is 1. The van der Waals surface area contributed by atoms with Crippen molar-refractivity contribution in [1.29, 1.82) is 0 Å². The Bertz CT molecular complexity index is 466. The lowest BCUT2D eigenvalue weighted by Crippen LogP contribution is -2.41. The molecule has 2 rings (SSSR count). The van der Waals surface area contributed by atoms with E-state index in [1.54, 1.807) is 0 Å². The van der Waals surface area contributed by atoms with E-state index >= 15 is 0 Å². The lowest BCUT2D eigenvalue weighted by Gasteiger charge is -2.34. The summed E-state index contributed by atoms with van der Waals surface area (Å²) in [7, 11) is 1.39. The highest BCUT2D eigenvalue weighted by Crippen LogP contribution is 2.27. The van der Waals surface area contributed by atoms with Gasteiger partial charge in [-0.2, -0.15) is 0 Å². The van der Waals surface area contributed by atoms with Gasteiger partial charge in [0.1, 0.15) is 6.04 Å². The SMILES string of the molecule is COC(=O)C1CCN(C(C(=O)O)c2ccccc2)CC1. The first kappa shape index (κ1) is 14.5. The highest BCUT2D eigenvalue weighted by atomic mass is 16.5. The Hall–Kier alpha value is -1.88. The minimum Gasteiger partial charge on any atom is -0.480 e. The van der Waals surface area contributed by atoms with Gasteiger partial charge in [0.25, 0.3) is 0 Å². The maximum absolute atomic E-state index is 11.5. The fourth-order valence-corrected chi connectivity index (χ4v) is 2.70. The summed E-state index contributed by atoms with van der Waals surface area (Å²) in [6.07, 6.45) is 1.28. The first-order chi connectivity index (χ1) is 9.63. The van der Waals surface area contributed by atoms with Crippen LogP contribution in [0, 0.1) is 5.92 Å². The van der Waals surface area contributed by atoms with E-state index in [1.165, 1.54) is 7.11 Å². The van der Waals surface area contributed by atoms with E-state index in [-0.39, 0.29) is 11.9 Å². The molecule has 0 bridgehead atoms. The molecule has 0 aliphatic carbocycles. The molecular formula is C15H19NO4. The van der Waals surface area contributed by atoms with E-state index in [4.69, 9.17) is 4.74 Å². The average molecular weight is 277 g/mol. The van der Waals surface area contributed by atoms with Crippen LogP contribution in [-0.4, -0.2) is 42.1 Å². The largest absolute Gasteiger partial charge is 0.480 e. The molecule has 0 radical (unpaired) electrons. The van der Waals surface area contributed by atoms with Gasteiger partial charge in [0.05, 0.1) is 13.0 Å². The number of aliphatic carboxylic acids is 1. The van der Waals surface area contributed by atoms with Crippen molar-refractivity contribution in [1.82, 2.24) is 4.90 Å². The number of nitrogens with zero attached hydrogens (tertiary/aromatic N) is 1. The van der Waals surface area contributed by atoms with Crippen LogP contribution in [0.25, 0.3) is 0 Å². The summed E-state index contributed by atoms with van der Waals surface area (Å²) in [5, 5.41) is 9.47. The predicted octanol–water partition coefficient (Wildman–Crippen LogP) is 1.70. The van der Waals surface area contributed by atoms with E-state index in [0.29, 0.717) is 25.9 Å². The van der Waals surface area contributed by atoms with Gasteiger partial charge in [-0.25, -0.2) is 0 Å². The van der Waals surface area contributed by atoms with Gasteiger partial charge < -0.3 is 9.84 Å². The van der Waals surface area contributed by atoms with E-state index in [0.717, 1.165) is 5.56 Å². The molecule has 0 spiro atoms. The summed E-state index contributed by atoms with van der Waals surface area (Å²) in [6.45, 7) is 1.18. The molecule has 1 fully saturated rings. The highest BCUT2D eigenvalue weighted by molar-refractivity contribution is 5.76. The number of piperidine rings is 1. The molecule has 1 aliphatic heterocycles. The zero-order chi connectivity index (χ0) is 14.5. The summed E-state index contributed by atoms with van der Waals surface area (Å²) in [6, 6.07) is 8.55. The van der Waals surface area contributed by atoms with E-state index in [2.05, 4.69) is 0 Å². The zero-order valence-electron chi connectivity index (χ0n) is 11.5. The Morgan fingerprint density at radius 2 is 1.85 bits per heavy atom. The molecule has 0 amide bonds. The van der Waals surface area contributed by atoms with Crippen molar-refractivity contribution < 1.29 is 19.4 Å². The van der Waals surface area contributed by atoms with Crippen LogP contribution in [0.5, 0.6) is 0 Å². The van der Waals surface area contributed by atoms with Crippen molar-refractivity contribution in [2.24, 2.45) is 5.92 Å². The van der Waals surface area contributed by atoms with Crippen LogP contribution < -0.4 is 0 Å². The third-order valence-electron chi connectivity index (χ3n) is 3.78. The van der Waals surface area contributed by atoms with Crippen LogP contribution in [0.4, 0.5) is 0 Å². The van der Waals surface area contributed by atoms with Crippen LogP contribution in [0.1, 0.15) is 24.4 Å². The monoisotopic (exact) mass is 277 g/mol. The van der Waals surface area contributed by atoms with Gasteiger partial charge in [0.2, 0.25) is 0 Å². The van der Waals surface area contributed by atoms with Gasteiger partial charge in [-0.15, -0.1) is 0 Å². The fraction of sp³-hybridized carbons (Fsp3) is 0.467. The van der Waals surface area contributed by atoms with E-state index in [1.807, 2.05) is 35.2 Å². The molecule has 20 heavy (non-hydrogen) atoms. The van der Waals surface area contributed by atoms with E-state index in [9.17, 15) is 14.7 Å². The number of hydrogen-bond acceptors (Lipinski definition) is 4. The molecule has 1 saturated heterocycles. The second-order valence-electron chi connectivity index (χ2n) is 4.98. The van der Waals surface area contributed by atoms with Crippen LogP contribution in [-0.2, 0) is 14.3 Å². The number of carbonyl (C=O) groups is 2. The average Bonchev–Trinajstić information content (AvgIpc) is 2.48. The molecule has 1 unspecified atom stereocenters. The molecule has 1 aliphatic rings. The standard InChI is InChI=1S/C15H19NO4/c1-20-15(19)12-7-9-16(10-8-12)13(14(17)18)11-5-3-2-4-6-11/h2-6,12-13H,7-10H2,1H3,(H,17,18). The third-order valence-corrected chi connectivity index (χ3v) is 3.78. The Kier molecular flexibility index (Phi) is 4.74. The maximum Gasteiger partial charge on any atom is 0.325 e. The number of hydrogen-bond donors (Lipinski definition) is 1. The van der Waals surface area contributed by atoms with Gasteiger partial charge in [-0.3, -0.25) is 14.5 Å². The lowest BCUT2D eigenvalue weighted by atomic mass is 9.94. The topological polar surface area (TPSA) is 66.8 Å². The molecule has 1 aromatic carbocycles. The van der Waals surface area contributed by atoms with Gasteiger partial charge in [0.15, 0.2) is 0 Å². The number of ether oxygens (including phenoxy) is 1. The second-order valence-corrected chi connectivity index (χ2v) is 4.98. The van der Waals surface area contributed by atoms with Crippen LogP contribution in [0.2, 0.25) is 0 Å². The summed E-state index contributed by atoms with van der Waals surface area (Å²) < 4.78 is 4.74. The molecule has 1 aromatic rings. The van der Waals surface area contributed by atoms with Crippen molar-refractivity contribution in [3.8, 4) is 0 Å². The van der Waals surface area contributed by atoms with Crippen LogP contribution in [0.15, 0.2) is 30.3 Å². The third kappa shape index (κ3) is 3.17. The number of rotatable bonds is 4.